The summed E-state index contributed by atoms with van der Waals surface area (Å²) in [7, 11) is 0. The van der Waals surface area contributed by atoms with Crippen molar-refractivity contribution in [3.63, 3.8) is 0 Å². The lowest BCUT2D eigenvalue weighted by molar-refractivity contribution is 0.0680. The molecule has 0 bridgehead atoms. The van der Waals surface area contributed by atoms with E-state index in [-0.39, 0.29) is 5.54 Å². The van der Waals surface area contributed by atoms with Crippen molar-refractivity contribution in [2.24, 2.45) is 17.8 Å². The Labute approximate surface area is 111 Å². The molecule has 0 heterocycles. The fraction of sp³-hybridized carbons (Fsp3) is 0.812. The Morgan fingerprint density at radius 1 is 1.33 bits per heavy atom. The largest absolute Gasteiger partial charge is 0.386 e. The van der Waals surface area contributed by atoms with Gasteiger partial charge >= 0.3 is 0 Å². The molecular formula is C16H25NO. The minimum atomic E-state index is -0.667. The number of hydrogen-bond donors (Lipinski definition) is 1. The predicted octanol–water partition coefficient (Wildman–Crippen LogP) is 3.82. The topological polar surface area (TPSA) is 24.6 Å². The van der Waals surface area contributed by atoms with Gasteiger partial charge in [0.2, 0.25) is 5.54 Å². The Morgan fingerprint density at radius 2 is 2.00 bits per heavy atom. The molecule has 1 N–H and O–H groups in total. The van der Waals surface area contributed by atoms with Gasteiger partial charge in [-0.1, -0.05) is 25.5 Å². The van der Waals surface area contributed by atoms with Crippen LogP contribution in [0.25, 0.3) is 4.85 Å². The summed E-state index contributed by atoms with van der Waals surface area (Å²) in [6.45, 7) is 16.0. The van der Waals surface area contributed by atoms with E-state index in [1.807, 2.05) is 6.92 Å². The van der Waals surface area contributed by atoms with Crippen LogP contribution in [0.15, 0.2) is 11.6 Å². The van der Waals surface area contributed by atoms with Crippen LogP contribution in [0.2, 0.25) is 0 Å². The molecule has 2 aliphatic rings. The van der Waals surface area contributed by atoms with Gasteiger partial charge < -0.3 is 9.95 Å². The zero-order valence-electron chi connectivity index (χ0n) is 12.0. The lowest BCUT2D eigenvalue weighted by atomic mass is 9.59. The molecule has 0 radical (unpaired) electrons. The number of fused-ring (bicyclic) bond motifs is 1. The Bertz CT molecular complexity index is 402. The highest BCUT2D eigenvalue weighted by Gasteiger charge is 2.51. The molecule has 2 aliphatic carbocycles. The molecule has 0 amide bonds. The molecule has 0 unspecified atom stereocenters. The van der Waals surface area contributed by atoms with Crippen LogP contribution in [0.1, 0.15) is 53.4 Å². The van der Waals surface area contributed by atoms with Crippen molar-refractivity contribution in [2.75, 3.05) is 0 Å². The molecule has 2 nitrogen and oxygen atoms in total. The lowest BCUT2D eigenvalue weighted by Crippen LogP contribution is -2.45. The van der Waals surface area contributed by atoms with Gasteiger partial charge in [-0.2, -0.15) is 0 Å². The molecule has 0 saturated heterocycles. The zero-order valence-corrected chi connectivity index (χ0v) is 12.0. The third-order valence-corrected chi connectivity index (χ3v) is 5.02. The SMILES string of the molecule is [C-]#[N+][C@@]1(C)CC[C@H](C(C)C)C2=C[C@@](C)(O)CC[C@@H]21. The Balaban J connectivity index is 2.42. The van der Waals surface area contributed by atoms with E-state index in [0.29, 0.717) is 17.8 Å². The second-order valence-electron chi connectivity index (χ2n) is 6.95. The van der Waals surface area contributed by atoms with Gasteiger partial charge in [-0.15, -0.1) is 0 Å². The summed E-state index contributed by atoms with van der Waals surface area (Å²) in [5.74, 6) is 1.51. The Morgan fingerprint density at radius 3 is 2.56 bits per heavy atom. The molecule has 1 saturated carbocycles. The minimum absolute atomic E-state index is 0.242. The maximum atomic E-state index is 10.3. The first kappa shape index (κ1) is 13.6. The second-order valence-corrected chi connectivity index (χ2v) is 6.95. The van der Waals surface area contributed by atoms with Crippen molar-refractivity contribution in [1.29, 1.82) is 0 Å². The predicted molar refractivity (Wildman–Crippen MR) is 74.0 cm³/mol. The first-order valence-corrected chi connectivity index (χ1v) is 7.13. The summed E-state index contributed by atoms with van der Waals surface area (Å²) in [6.07, 6.45) is 5.92. The van der Waals surface area contributed by atoms with Crippen LogP contribution in [-0.2, 0) is 0 Å². The van der Waals surface area contributed by atoms with Crippen molar-refractivity contribution in [3.8, 4) is 0 Å². The fourth-order valence-electron chi connectivity index (χ4n) is 3.81. The molecule has 4 atom stereocenters. The monoisotopic (exact) mass is 247 g/mol. The quantitative estimate of drug-likeness (QED) is 0.553. The minimum Gasteiger partial charge on any atom is -0.386 e. The molecule has 1 fully saturated rings. The standard InChI is InChI=1S/C16H25NO/c1-11(2)12-6-9-16(4,17-5)14-7-8-15(3,18)10-13(12)14/h10-12,14,18H,6-9H2,1-4H3/t12-,14+,15+,16+/m1/s1. The van der Waals surface area contributed by atoms with Crippen molar-refractivity contribution in [3.05, 3.63) is 23.1 Å². The molecule has 0 aliphatic heterocycles. The third-order valence-electron chi connectivity index (χ3n) is 5.02. The van der Waals surface area contributed by atoms with Crippen LogP contribution in [0, 0.1) is 24.3 Å². The van der Waals surface area contributed by atoms with Crippen LogP contribution >= 0.6 is 0 Å². The molecule has 100 valence electrons. The normalized spacial score (nSPS) is 44.2. The third kappa shape index (κ3) is 2.21. The van der Waals surface area contributed by atoms with E-state index in [4.69, 9.17) is 6.57 Å². The number of hydrogen-bond acceptors (Lipinski definition) is 1. The van der Waals surface area contributed by atoms with Gasteiger partial charge in [0.1, 0.15) is 0 Å². The first-order chi connectivity index (χ1) is 8.29. The fourth-order valence-corrected chi connectivity index (χ4v) is 3.81. The molecule has 0 spiro atoms. The van der Waals surface area contributed by atoms with Gasteiger partial charge in [0.05, 0.1) is 11.5 Å². The molecule has 18 heavy (non-hydrogen) atoms. The second kappa shape index (κ2) is 4.38. The lowest BCUT2D eigenvalue weighted by Gasteiger charge is -2.45. The average Bonchev–Trinajstić information content (AvgIpc) is 2.27. The van der Waals surface area contributed by atoms with E-state index in [1.165, 1.54) is 5.57 Å². The maximum Gasteiger partial charge on any atom is 0.236 e. The first-order valence-electron chi connectivity index (χ1n) is 7.13. The highest BCUT2D eigenvalue weighted by atomic mass is 16.3. The number of aliphatic hydroxyl groups is 1. The summed E-state index contributed by atoms with van der Waals surface area (Å²) in [5.41, 5.74) is 0.457. The van der Waals surface area contributed by atoms with E-state index >= 15 is 0 Å². The van der Waals surface area contributed by atoms with E-state index in [0.717, 1.165) is 25.7 Å². The molecular weight excluding hydrogens is 222 g/mol. The molecule has 2 rings (SSSR count). The van der Waals surface area contributed by atoms with Crippen LogP contribution in [0.5, 0.6) is 0 Å². The van der Waals surface area contributed by atoms with Crippen molar-refractivity contribution >= 4 is 0 Å². The molecule has 0 aromatic carbocycles. The Hall–Kier alpha value is -0.810. The Kier molecular flexibility index (Phi) is 3.32. The summed E-state index contributed by atoms with van der Waals surface area (Å²) < 4.78 is 0. The maximum absolute atomic E-state index is 10.3. The van der Waals surface area contributed by atoms with E-state index in [9.17, 15) is 5.11 Å². The number of rotatable bonds is 1. The summed E-state index contributed by atoms with van der Waals surface area (Å²) >= 11 is 0. The van der Waals surface area contributed by atoms with Gasteiger partial charge in [-0.3, -0.25) is 0 Å². The highest BCUT2D eigenvalue weighted by Crippen LogP contribution is 2.51. The summed E-state index contributed by atoms with van der Waals surface area (Å²) in [5, 5.41) is 10.3. The number of nitrogens with zero attached hydrogens (tertiary/aromatic N) is 1. The highest BCUT2D eigenvalue weighted by molar-refractivity contribution is 5.29. The van der Waals surface area contributed by atoms with Crippen LogP contribution in [0.3, 0.4) is 0 Å². The van der Waals surface area contributed by atoms with E-state index in [1.54, 1.807) is 0 Å². The average molecular weight is 247 g/mol. The van der Waals surface area contributed by atoms with Gasteiger partial charge in [0.25, 0.3) is 0 Å². The van der Waals surface area contributed by atoms with Gasteiger partial charge in [0.15, 0.2) is 0 Å². The van der Waals surface area contributed by atoms with Crippen LogP contribution in [-0.4, -0.2) is 16.2 Å². The van der Waals surface area contributed by atoms with Gasteiger partial charge in [-0.05, 0) is 38.0 Å². The van der Waals surface area contributed by atoms with Crippen molar-refractivity contribution in [1.82, 2.24) is 0 Å². The molecule has 0 aromatic heterocycles. The molecule has 2 heteroatoms. The van der Waals surface area contributed by atoms with Crippen LogP contribution in [0.4, 0.5) is 0 Å². The van der Waals surface area contributed by atoms with Crippen LogP contribution < -0.4 is 0 Å². The zero-order chi connectivity index (χ0) is 13.6. The summed E-state index contributed by atoms with van der Waals surface area (Å²) in [6, 6.07) is 0. The van der Waals surface area contributed by atoms with Crippen molar-refractivity contribution < 1.29 is 5.11 Å². The van der Waals surface area contributed by atoms with Gasteiger partial charge in [-0.25, -0.2) is 6.57 Å². The van der Waals surface area contributed by atoms with Crippen molar-refractivity contribution in [2.45, 2.75) is 64.5 Å². The van der Waals surface area contributed by atoms with E-state index in [2.05, 4.69) is 31.7 Å². The smallest absolute Gasteiger partial charge is 0.236 e. The molecule has 0 aromatic rings. The summed E-state index contributed by atoms with van der Waals surface area (Å²) in [4.78, 5) is 3.93. The van der Waals surface area contributed by atoms with E-state index < -0.39 is 5.60 Å². The van der Waals surface area contributed by atoms with Gasteiger partial charge in [0, 0.05) is 13.3 Å².